The molecule has 0 aliphatic heterocycles. The van der Waals surface area contributed by atoms with Crippen molar-refractivity contribution in [3.63, 3.8) is 0 Å². The number of hydrogen-bond acceptors (Lipinski definition) is 3. The molecule has 3 aromatic rings. The topological polar surface area (TPSA) is 38.3 Å². The van der Waals surface area contributed by atoms with Gasteiger partial charge in [-0.25, -0.2) is 4.39 Å². The zero-order chi connectivity index (χ0) is 19.8. The summed E-state index contributed by atoms with van der Waals surface area (Å²) in [5.41, 5.74) is 1.70. The lowest BCUT2D eigenvalue weighted by molar-refractivity contribution is 0.0946. The van der Waals surface area contributed by atoms with Crippen LogP contribution in [0, 0.1) is 5.82 Å². The highest BCUT2D eigenvalue weighted by Crippen LogP contribution is 2.24. The Morgan fingerprint density at radius 3 is 2.43 bits per heavy atom. The highest BCUT2D eigenvalue weighted by Gasteiger charge is 2.06. The summed E-state index contributed by atoms with van der Waals surface area (Å²) in [6.45, 7) is 0.490. The first-order valence-corrected chi connectivity index (χ1v) is 10.1. The Morgan fingerprint density at radius 2 is 1.71 bits per heavy atom. The van der Waals surface area contributed by atoms with Crippen molar-refractivity contribution in [2.75, 3.05) is 13.2 Å². The Morgan fingerprint density at radius 1 is 1.00 bits per heavy atom. The molecule has 0 bridgehead atoms. The van der Waals surface area contributed by atoms with E-state index in [0.717, 1.165) is 21.2 Å². The molecular weight excluding hydrogens is 397 g/mol. The molecule has 0 aromatic heterocycles. The van der Waals surface area contributed by atoms with Crippen LogP contribution >= 0.6 is 23.4 Å². The molecule has 28 heavy (non-hydrogen) atoms. The first-order valence-electron chi connectivity index (χ1n) is 8.74. The number of rotatable bonds is 8. The molecule has 0 spiro atoms. The van der Waals surface area contributed by atoms with Gasteiger partial charge in [0.05, 0.1) is 6.54 Å². The smallest absolute Gasteiger partial charge is 0.251 e. The molecule has 0 atom stereocenters. The number of carbonyl (C=O) groups is 1. The monoisotopic (exact) mass is 415 g/mol. The van der Waals surface area contributed by atoms with E-state index < -0.39 is 5.82 Å². The molecule has 0 aliphatic rings. The fourth-order valence-corrected chi connectivity index (χ4v) is 3.42. The second-order valence-corrected chi connectivity index (χ2v) is 7.46. The van der Waals surface area contributed by atoms with Crippen molar-refractivity contribution in [2.45, 2.75) is 10.6 Å². The number of benzene rings is 3. The Hall–Kier alpha value is -2.50. The second-order valence-electron chi connectivity index (χ2n) is 5.97. The van der Waals surface area contributed by atoms with Gasteiger partial charge in [0.15, 0.2) is 11.6 Å². The first kappa shape index (κ1) is 20.2. The van der Waals surface area contributed by atoms with Crippen LogP contribution < -0.4 is 10.1 Å². The Labute approximate surface area is 172 Å². The van der Waals surface area contributed by atoms with Crippen LogP contribution in [0.25, 0.3) is 0 Å². The number of amides is 1. The average molecular weight is 416 g/mol. The number of ether oxygens (including phenoxy) is 1. The molecule has 6 heteroatoms. The molecule has 0 heterocycles. The molecular formula is C22H19ClFNO2S. The summed E-state index contributed by atoms with van der Waals surface area (Å²) in [6.07, 6.45) is 0. The standard InChI is InChI=1S/C22H19ClFNO2S/c23-18-9-11-19(12-10-18)28-15-16-5-7-17(8-6-16)22(26)25-13-14-27-21-4-2-1-3-20(21)24/h1-12H,13-15H2,(H,25,26). The molecule has 3 nitrogen and oxygen atoms in total. The molecule has 1 amide bonds. The predicted octanol–water partition coefficient (Wildman–Crippen LogP) is 5.58. The number of halogens is 2. The van der Waals surface area contributed by atoms with Crippen LogP contribution in [0.15, 0.2) is 77.7 Å². The molecule has 3 aromatic carbocycles. The zero-order valence-corrected chi connectivity index (χ0v) is 16.6. The Kier molecular flexibility index (Phi) is 7.34. The van der Waals surface area contributed by atoms with Crippen LogP contribution in [0.3, 0.4) is 0 Å². The van der Waals surface area contributed by atoms with Crippen molar-refractivity contribution >= 4 is 29.3 Å². The van der Waals surface area contributed by atoms with E-state index in [2.05, 4.69) is 5.32 Å². The van der Waals surface area contributed by atoms with Crippen LogP contribution in [-0.4, -0.2) is 19.1 Å². The van der Waals surface area contributed by atoms with E-state index in [9.17, 15) is 9.18 Å². The molecule has 0 fully saturated rings. The maximum Gasteiger partial charge on any atom is 0.251 e. The summed E-state index contributed by atoms with van der Waals surface area (Å²) in [4.78, 5) is 13.3. The molecule has 0 saturated carbocycles. The largest absolute Gasteiger partial charge is 0.489 e. The summed E-state index contributed by atoms with van der Waals surface area (Å²) in [5, 5.41) is 3.49. The van der Waals surface area contributed by atoms with Gasteiger partial charge < -0.3 is 10.1 Å². The normalized spacial score (nSPS) is 10.5. The molecule has 1 N–H and O–H groups in total. The number of carbonyl (C=O) groups excluding carboxylic acids is 1. The first-order chi connectivity index (χ1) is 13.6. The van der Waals surface area contributed by atoms with Crippen molar-refractivity contribution in [3.8, 4) is 5.75 Å². The molecule has 144 valence electrons. The van der Waals surface area contributed by atoms with Gasteiger partial charge in [-0.05, 0) is 54.1 Å². The number of thioether (sulfide) groups is 1. The van der Waals surface area contributed by atoms with Gasteiger partial charge in [-0.2, -0.15) is 0 Å². The van der Waals surface area contributed by atoms with Crippen LogP contribution in [0.2, 0.25) is 5.02 Å². The van der Waals surface area contributed by atoms with Crippen molar-refractivity contribution in [3.05, 3.63) is 94.8 Å². The zero-order valence-electron chi connectivity index (χ0n) is 15.0. The van der Waals surface area contributed by atoms with E-state index in [1.807, 2.05) is 36.4 Å². The van der Waals surface area contributed by atoms with Crippen molar-refractivity contribution < 1.29 is 13.9 Å². The minimum Gasteiger partial charge on any atom is -0.489 e. The van der Waals surface area contributed by atoms with Crippen LogP contribution in [0.1, 0.15) is 15.9 Å². The van der Waals surface area contributed by atoms with E-state index in [0.29, 0.717) is 12.1 Å². The van der Waals surface area contributed by atoms with Gasteiger partial charge in [-0.1, -0.05) is 35.9 Å². The lowest BCUT2D eigenvalue weighted by atomic mass is 10.1. The van der Waals surface area contributed by atoms with E-state index in [4.69, 9.17) is 16.3 Å². The Bertz CT molecular complexity index is 917. The van der Waals surface area contributed by atoms with Gasteiger partial charge in [0.1, 0.15) is 6.61 Å². The van der Waals surface area contributed by atoms with E-state index in [1.165, 1.54) is 6.07 Å². The molecule has 0 saturated heterocycles. The lowest BCUT2D eigenvalue weighted by Crippen LogP contribution is -2.28. The number of hydrogen-bond donors (Lipinski definition) is 1. The maximum atomic E-state index is 13.4. The third-order valence-corrected chi connectivity index (χ3v) is 5.25. The SMILES string of the molecule is O=C(NCCOc1ccccc1F)c1ccc(CSc2ccc(Cl)cc2)cc1. The molecule has 0 radical (unpaired) electrons. The maximum absolute atomic E-state index is 13.4. The average Bonchev–Trinajstić information content (AvgIpc) is 2.72. The van der Waals surface area contributed by atoms with Gasteiger partial charge in [0.25, 0.3) is 5.91 Å². The molecule has 0 unspecified atom stereocenters. The fourth-order valence-electron chi connectivity index (χ4n) is 2.44. The van der Waals surface area contributed by atoms with Crippen molar-refractivity contribution in [1.29, 1.82) is 0 Å². The summed E-state index contributed by atoms with van der Waals surface area (Å²) < 4.78 is 18.8. The highest BCUT2D eigenvalue weighted by atomic mass is 35.5. The summed E-state index contributed by atoms with van der Waals surface area (Å²) in [5.74, 6) is 0.384. The van der Waals surface area contributed by atoms with Crippen LogP contribution in [0.5, 0.6) is 5.75 Å². The van der Waals surface area contributed by atoms with Crippen molar-refractivity contribution in [1.82, 2.24) is 5.32 Å². The van der Waals surface area contributed by atoms with Gasteiger partial charge in [-0.3, -0.25) is 4.79 Å². The lowest BCUT2D eigenvalue weighted by Gasteiger charge is -2.09. The van der Waals surface area contributed by atoms with Gasteiger partial charge in [-0.15, -0.1) is 11.8 Å². The third-order valence-electron chi connectivity index (χ3n) is 3.92. The van der Waals surface area contributed by atoms with Gasteiger partial charge >= 0.3 is 0 Å². The Balaban J connectivity index is 1.43. The van der Waals surface area contributed by atoms with Crippen molar-refractivity contribution in [2.24, 2.45) is 0 Å². The third kappa shape index (κ3) is 6.01. The highest BCUT2D eigenvalue weighted by molar-refractivity contribution is 7.98. The van der Waals surface area contributed by atoms with Gasteiger partial charge in [0.2, 0.25) is 0 Å². The predicted molar refractivity (Wildman–Crippen MR) is 112 cm³/mol. The minimum atomic E-state index is -0.416. The van der Waals surface area contributed by atoms with E-state index >= 15 is 0 Å². The number of nitrogens with one attached hydrogen (secondary N) is 1. The molecule has 3 rings (SSSR count). The summed E-state index contributed by atoms with van der Waals surface area (Å²) in [7, 11) is 0. The number of para-hydroxylation sites is 1. The van der Waals surface area contributed by atoms with Crippen LogP contribution in [0.4, 0.5) is 4.39 Å². The second kappa shape index (κ2) is 10.2. The van der Waals surface area contributed by atoms with E-state index in [1.54, 1.807) is 42.1 Å². The quantitative estimate of drug-likeness (QED) is 0.385. The fraction of sp³-hybridized carbons (Fsp3) is 0.136. The van der Waals surface area contributed by atoms with Gasteiger partial charge in [0, 0.05) is 21.2 Å². The summed E-state index contributed by atoms with van der Waals surface area (Å²) in [6, 6.07) is 21.4. The minimum absolute atomic E-state index is 0.180. The van der Waals surface area contributed by atoms with Crippen LogP contribution in [-0.2, 0) is 5.75 Å². The molecule has 0 aliphatic carbocycles. The van der Waals surface area contributed by atoms with E-state index in [-0.39, 0.29) is 18.3 Å². The summed E-state index contributed by atoms with van der Waals surface area (Å²) >= 11 is 7.59.